The molecule has 0 bridgehead atoms. The van der Waals surface area contributed by atoms with E-state index in [1.807, 2.05) is 31.2 Å². The average molecular weight is 350 g/mol. The van der Waals surface area contributed by atoms with Crippen molar-refractivity contribution in [1.29, 1.82) is 0 Å². The van der Waals surface area contributed by atoms with Gasteiger partial charge in [-0.3, -0.25) is 0 Å². The second-order valence-corrected chi connectivity index (χ2v) is 6.06. The molecule has 112 valence electrons. The van der Waals surface area contributed by atoms with Gasteiger partial charge in [-0.1, -0.05) is 35.0 Å². The normalized spacial score (nSPS) is 13.9. The highest BCUT2D eigenvalue weighted by molar-refractivity contribution is 9.10. The lowest BCUT2D eigenvalue weighted by Crippen LogP contribution is -2.24. The summed E-state index contributed by atoms with van der Waals surface area (Å²) in [5, 5.41) is 23.1. The van der Waals surface area contributed by atoms with Crippen LogP contribution in [0.3, 0.4) is 0 Å². The summed E-state index contributed by atoms with van der Waals surface area (Å²) in [7, 11) is 0. The molecule has 0 aliphatic heterocycles. The highest BCUT2D eigenvalue weighted by Gasteiger charge is 2.17. The molecule has 0 amide bonds. The number of hydrogen-bond acceptors (Lipinski definition) is 3. The molecule has 0 spiro atoms. The number of nitrogens with one attached hydrogen (secondary N) is 1. The molecular weight excluding hydrogens is 330 g/mol. The number of hydrogen-bond donors (Lipinski definition) is 3. The van der Waals surface area contributed by atoms with E-state index < -0.39 is 0 Å². The van der Waals surface area contributed by atoms with Gasteiger partial charge in [0.1, 0.15) is 11.5 Å². The van der Waals surface area contributed by atoms with Crippen molar-refractivity contribution >= 4 is 15.9 Å². The summed E-state index contributed by atoms with van der Waals surface area (Å²) in [5.41, 5.74) is 1.89. The molecule has 0 aromatic heterocycles. The average Bonchev–Trinajstić information content (AvgIpc) is 2.47. The molecule has 3 nitrogen and oxygen atoms in total. The summed E-state index contributed by atoms with van der Waals surface area (Å²) >= 11 is 3.44. The number of benzene rings is 2. The molecular formula is C17H20BrNO2. The third-order valence-electron chi connectivity index (χ3n) is 3.59. The summed E-state index contributed by atoms with van der Waals surface area (Å²) in [6.07, 6.45) is 0.854. The van der Waals surface area contributed by atoms with Crippen molar-refractivity contribution in [2.24, 2.45) is 0 Å². The van der Waals surface area contributed by atoms with E-state index in [1.165, 1.54) is 0 Å². The monoisotopic (exact) mass is 349 g/mol. The van der Waals surface area contributed by atoms with Crippen molar-refractivity contribution in [2.45, 2.75) is 32.4 Å². The number of phenolic OH excluding ortho intramolecular Hbond substituents is 2. The Morgan fingerprint density at radius 1 is 1.14 bits per heavy atom. The zero-order valence-electron chi connectivity index (χ0n) is 12.2. The topological polar surface area (TPSA) is 52.5 Å². The molecule has 0 saturated carbocycles. The molecule has 0 saturated heterocycles. The van der Waals surface area contributed by atoms with E-state index in [-0.39, 0.29) is 17.8 Å². The molecule has 2 rings (SSSR count). The minimum Gasteiger partial charge on any atom is -0.508 e. The van der Waals surface area contributed by atoms with Crippen LogP contribution >= 0.6 is 15.9 Å². The first kappa shape index (κ1) is 15.9. The van der Waals surface area contributed by atoms with E-state index in [1.54, 1.807) is 18.2 Å². The van der Waals surface area contributed by atoms with Gasteiger partial charge in [-0.05, 0) is 49.2 Å². The molecule has 2 aromatic rings. The fourth-order valence-corrected chi connectivity index (χ4v) is 2.80. The third-order valence-corrected chi connectivity index (χ3v) is 4.09. The predicted octanol–water partition coefficient (Wildman–Crippen LogP) is 4.66. The Morgan fingerprint density at radius 2 is 1.90 bits per heavy atom. The van der Waals surface area contributed by atoms with Crippen LogP contribution in [0.4, 0.5) is 0 Å². The predicted molar refractivity (Wildman–Crippen MR) is 88.5 cm³/mol. The van der Waals surface area contributed by atoms with E-state index in [9.17, 15) is 10.2 Å². The van der Waals surface area contributed by atoms with Gasteiger partial charge in [0.25, 0.3) is 0 Å². The van der Waals surface area contributed by atoms with E-state index in [2.05, 4.69) is 28.2 Å². The molecule has 0 radical (unpaired) electrons. The van der Waals surface area contributed by atoms with Crippen LogP contribution in [0.2, 0.25) is 0 Å². The SMILES string of the molecule is CCC(NC(C)c1cccc(O)c1)c1cc(Br)ccc1O. The molecule has 0 heterocycles. The zero-order valence-corrected chi connectivity index (χ0v) is 13.8. The van der Waals surface area contributed by atoms with Crippen molar-refractivity contribution in [3.63, 3.8) is 0 Å². The van der Waals surface area contributed by atoms with Gasteiger partial charge in [0.15, 0.2) is 0 Å². The molecule has 0 aliphatic carbocycles. The maximum Gasteiger partial charge on any atom is 0.120 e. The Balaban J connectivity index is 2.20. The van der Waals surface area contributed by atoms with Gasteiger partial charge >= 0.3 is 0 Å². The summed E-state index contributed by atoms with van der Waals surface area (Å²) in [6.45, 7) is 4.12. The van der Waals surface area contributed by atoms with Gasteiger partial charge in [0.05, 0.1) is 0 Å². The van der Waals surface area contributed by atoms with E-state index in [0.29, 0.717) is 5.75 Å². The molecule has 4 heteroatoms. The Hall–Kier alpha value is -1.52. The van der Waals surface area contributed by atoms with E-state index in [0.717, 1.165) is 22.0 Å². The van der Waals surface area contributed by atoms with Gasteiger partial charge < -0.3 is 15.5 Å². The maximum atomic E-state index is 10.1. The van der Waals surface area contributed by atoms with Crippen LogP contribution in [0.15, 0.2) is 46.9 Å². The summed E-state index contributed by atoms with van der Waals surface area (Å²) in [6, 6.07) is 12.8. The first-order valence-corrected chi connectivity index (χ1v) is 7.84. The lowest BCUT2D eigenvalue weighted by Gasteiger charge is -2.24. The van der Waals surface area contributed by atoms with Crippen molar-refractivity contribution in [3.8, 4) is 11.5 Å². The number of aromatic hydroxyl groups is 2. The number of halogens is 1. The Bertz CT molecular complexity index is 615. The van der Waals surface area contributed by atoms with Crippen LogP contribution in [0.5, 0.6) is 11.5 Å². The fraction of sp³-hybridized carbons (Fsp3) is 0.294. The molecule has 2 atom stereocenters. The second-order valence-electron chi connectivity index (χ2n) is 5.15. The van der Waals surface area contributed by atoms with Gasteiger partial charge in [0.2, 0.25) is 0 Å². The Labute approximate surface area is 133 Å². The van der Waals surface area contributed by atoms with Crippen LogP contribution in [0.1, 0.15) is 43.5 Å². The minimum absolute atomic E-state index is 0.0415. The lowest BCUT2D eigenvalue weighted by molar-refractivity contribution is 0.417. The van der Waals surface area contributed by atoms with Crippen LogP contribution in [-0.4, -0.2) is 10.2 Å². The quantitative estimate of drug-likeness (QED) is 0.735. The highest BCUT2D eigenvalue weighted by Crippen LogP contribution is 2.31. The van der Waals surface area contributed by atoms with Crippen molar-refractivity contribution in [2.75, 3.05) is 0 Å². The molecule has 3 N–H and O–H groups in total. The van der Waals surface area contributed by atoms with Gasteiger partial charge in [0, 0.05) is 22.1 Å². The van der Waals surface area contributed by atoms with E-state index in [4.69, 9.17) is 0 Å². The number of rotatable bonds is 5. The lowest BCUT2D eigenvalue weighted by atomic mass is 10.0. The third kappa shape index (κ3) is 3.99. The van der Waals surface area contributed by atoms with Gasteiger partial charge in [-0.2, -0.15) is 0 Å². The number of phenols is 2. The molecule has 21 heavy (non-hydrogen) atoms. The smallest absolute Gasteiger partial charge is 0.120 e. The summed E-state index contributed by atoms with van der Waals surface area (Å²) < 4.78 is 0.945. The Kier molecular flexibility index (Phi) is 5.26. The fourth-order valence-electron chi connectivity index (χ4n) is 2.42. The standard InChI is InChI=1S/C17H20BrNO2/c1-3-16(15-10-13(18)7-8-17(15)21)19-11(2)12-5-4-6-14(20)9-12/h4-11,16,19-21H,3H2,1-2H3. The van der Waals surface area contributed by atoms with Gasteiger partial charge in [-0.25, -0.2) is 0 Å². The second kappa shape index (κ2) is 6.96. The molecule has 0 fully saturated rings. The van der Waals surface area contributed by atoms with Crippen LogP contribution in [0.25, 0.3) is 0 Å². The summed E-state index contributed by atoms with van der Waals surface area (Å²) in [5.74, 6) is 0.556. The van der Waals surface area contributed by atoms with Crippen LogP contribution in [0, 0.1) is 0 Å². The Morgan fingerprint density at radius 3 is 2.57 bits per heavy atom. The zero-order chi connectivity index (χ0) is 15.4. The van der Waals surface area contributed by atoms with Crippen molar-refractivity contribution in [3.05, 3.63) is 58.1 Å². The summed E-state index contributed by atoms with van der Waals surface area (Å²) in [4.78, 5) is 0. The van der Waals surface area contributed by atoms with Gasteiger partial charge in [-0.15, -0.1) is 0 Å². The van der Waals surface area contributed by atoms with Crippen molar-refractivity contribution in [1.82, 2.24) is 5.32 Å². The largest absolute Gasteiger partial charge is 0.508 e. The molecule has 2 unspecified atom stereocenters. The van der Waals surface area contributed by atoms with Crippen LogP contribution < -0.4 is 5.32 Å². The minimum atomic E-state index is 0.0415. The van der Waals surface area contributed by atoms with Crippen molar-refractivity contribution < 1.29 is 10.2 Å². The maximum absolute atomic E-state index is 10.1. The van der Waals surface area contributed by atoms with Crippen LogP contribution in [-0.2, 0) is 0 Å². The first-order valence-electron chi connectivity index (χ1n) is 7.04. The molecule has 0 aliphatic rings. The molecule has 2 aromatic carbocycles. The highest BCUT2D eigenvalue weighted by atomic mass is 79.9. The van der Waals surface area contributed by atoms with E-state index >= 15 is 0 Å². The first-order chi connectivity index (χ1) is 10.0.